The lowest BCUT2D eigenvalue weighted by molar-refractivity contribution is 0.242. The van der Waals surface area contributed by atoms with E-state index in [1.807, 2.05) is 13.8 Å². The molecular weight excluding hydrogens is 264 g/mol. The number of nitrogens with zero attached hydrogens (tertiary/aromatic N) is 1. The van der Waals surface area contributed by atoms with Gasteiger partial charge in [-0.3, -0.25) is 4.72 Å². The van der Waals surface area contributed by atoms with Crippen LogP contribution >= 0.6 is 0 Å². The van der Waals surface area contributed by atoms with Gasteiger partial charge in [0.05, 0.1) is 11.8 Å². The Morgan fingerprint density at radius 3 is 2.26 bits per heavy atom. The number of benzene rings is 1. The standard InChI is InChI=1S/C13H20N2O3S/c1-11(2)18-13-7-5-12(6-8-13)14-19(16,17)15-9-3-4-10-15/h5-8,11,14H,3-4,9-10H2,1-2H3. The molecule has 1 N–H and O–H groups in total. The van der Waals surface area contributed by atoms with Gasteiger partial charge in [-0.05, 0) is 51.0 Å². The summed E-state index contributed by atoms with van der Waals surface area (Å²) in [6.07, 6.45) is 1.97. The number of hydrogen-bond acceptors (Lipinski definition) is 3. The van der Waals surface area contributed by atoms with Crippen molar-refractivity contribution in [2.24, 2.45) is 0 Å². The number of rotatable bonds is 5. The second kappa shape index (κ2) is 5.79. The van der Waals surface area contributed by atoms with Crippen molar-refractivity contribution in [3.05, 3.63) is 24.3 Å². The van der Waals surface area contributed by atoms with E-state index in [1.54, 1.807) is 24.3 Å². The maximum atomic E-state index is 12.0. The fraction of sp³-hybridized carbons (Fsp3) is 0.538. The number of ether oxygens (including phenoxy) is 1. The maximum absolute atomic E-state index is 12.0. The Labute approximate surface area is 114 Å². The van der Waals surface area contributed by atoms with Crippen LogP contribution in [0.4, 0.5) is 5.69 Å². The first-order valence-electron chi connectivity index (χ1n) is 6.52. The highest BCUT2D eigenvalue weighted by Gasteiger charge is 2.24. The summed E-state index contributed by atoms with van der Waals surface area (Å²) in [7, 11) is -3.41. The lowest BCUT2D eigenvalue weighted by atomic mass is 10.3. The second-order valence-corrected chi connectivity index (χ2v) is 6.57. The van der Waals surface area contributed by atoms with E-state index in [1.165, 1.54) is 4.31 Å². The summed E-state index contributed by atoms with van der Waals surface area (Å²) >= 11 is 0. The van der Waals surface area contributed by atoms with Crippen LogP contribution in [0, 0.1) is 0 Å². The highest BCUT2D eigenvalue weighted by Crippen LogP contribution is 2.20. The van der Waals surface area contributed by atoms with Crippen LogP contribution in [0.5, 0.6) is 5.75 Å². The molecule has 6 heteroatoms. The van der Waals surface area contributed by atoms with E-state index in [9.17, 15) is 8.42 Å². The van der Waals surface area contributed by atoms with Gasteiger partial charge in [-0.2, -0.15) is 12.7 Å². The van der Waals surface area contributed by atoms with Crippen molar-refractivity contribution >= 4 is 15.9 Å². The molecule has 1 heterocycles. The van der Waals surface area contributed by atoms with Crippen molar-refractivity contribution in [3.63, 3.8) is 0 Å². The molecule has 0 atom stereocenters. The Bertz CT molecular complexity index is 505. The van der Waals surface area contributed by atoms with Crippen LogP contribution in [-0.2, 0) is 10.2 Å². The summed E-state index contributed by atoms with van der Waals surface area (Å²) < 4.78 is 33.7. The molecule has 5 nitrogen and oxygen atoms in total. The normalized spacial score (nSPS) is 16.8. The average Bonchev–Trinajstić information content (AvgIpc) is 2.85. The third-order valence-corrected chi connectivity index (χ3v) is 4.42. The molecule has 106 valence electrons. The van der Waals surface area contributed by atoms with Gasteiger partial charge >= 0.3 is 10.2 Å². The van der Waals surface area contributed by atoms with E-state index in [0.717, 1.165) is 18.6 Å². The van der Waals surface area contributed by atoms with E-state index in [0.29, 0.717) is 18.8 Å². The molecule has 1 aliphatic heterocycles. The van der Waals surface area contributed by atoms with Gasteiger partial charge in [0.2, 0.25) is 0 Å². The molecule has 0 aromatic heterocycles. The quantitative estimate of drug-likeness (QED) is 0.902. The minimum atomic E-state index is -3.41. The molecule has 1 aromatic rings. The van der Waals surface area contributed by atoms with Crippen molar-refractivity contribution in [1.29, 1.82) is 0 Å². The third kappa shape index (κ3) is 3.84. The molecule has 1 fully saturated rings. The zero-order chi connectivity index (χ0) is 13.9. The summed E-state index contributed by atoms with van der Waals surface area (Å²) in [4.78, 5) is 0. The van der Waals surface area contributed by atoms with Gasteiger partial charge in [0.25, 0.3) is 0 Å². The number of hydrogen-bond donors (Lipinski definition) is 1. The van der Waals surface area contributed by atoms with Crippen LogP contribution < -0.4 is 9.46 Å². The topological polar surface area (TPSA) is 58.6 Å². The Morgan fingerprint density at radius 1 is 1.16 bits per heavy atom. The van der Waals surface area contributed by atoms with Crippen molar-refractivity contribution in [2.45, 2.75) is 32.8 Å². The van der Waals surface area contributed by atoms with Crippen LogP contribution in [-0.4, -0.2) is 31.9 Å². The minimum absolute atomic E-state index is 0.104. The molecule has 0 spiro atoms. The van der Waals surface area contributed by atoms with Crippen molar-refractivity contribution in [2.75, 3.05) is 17.8 Å². The maximum Gasteiger partial charge on any atom is 0.301 e. The van der Waals surface area contributed by atoms with Crippen LogP contribution in [0.1, 0.15) is 26.7 Å². The zero-order valence-electron chi connectivity index (χ0n) is 11.3. The lowest BCUT2D eigenvalue weighted by Gasteiger charge is -2.17. The summed E-state index contributed by atoms with van der Waals surface area (Å²) in [6.45, 7) is 5.10. The lowest BCUT2D eigenvalue weighted by Crippen LogP contribution is -2.33. The monoisotopic (exact) mass is 284 g/mol. The van der Waals surface area contributed by atoms with E-state index in [4.69, 9.17) is 4.74 Å². The van der Waals surface area contributed by atoms with Gasteiger partial charge in [-0.15, -0.1) is 0 Å². The highest BCUT2D eigenvalue weighted by atomic mass is 32.2. The summed E-state index contributed by atoms with van der Waals surface area (Å²) in [5, 5.41) is 0. The van der Waals surface area contributed by atoms with Crippen LogP contribution in [0.3, 0.4) is 0 Å². The molecule has 0 bridgehead atoms. The Morgan fingerprint density at radius 2 is 1.74 bits per heavy atom. The number of anilines is 1. The van der Waals surface area contributed by atoms with E-state index < -0.39 is 10.2 Å². The molecule has 19 heavy (non-hydrogen) atoms. The molecule has 0 amide bonds. The predicted molar refractivity (Wildman–Crippen MR) is 75.6 cm³/mol. The van der Waals surface area contributed by atoms with Crippen molar-refractivity contribution < 1.29 is 13.2 Å². The fourth-order valence-electron chi connectivity index (χ4n) is 2.02. The first-order chi connectivity index (χ1) is 8.97. The molecule has 1 aromatic carbocycles. The molecule has 1 aliphatic rings. The van der Waals surface area contributed by atoms with Gasteiger partial charge in [0.1, 0.15) is 5.75 Å². The van der Waals surface area contributed by atoms with Gasteiger partial charge in [-0.25, -0.2) is 0 Å². The predicted octanol–water partition coefficient (Wildman–Crippen LogP) is 2.23. The van der Waals surface area contributed by atoms with Gasteiger partial charge in [0.15, 0.2) is 0 Å². The largest absolute Gasteiger partial charge is 0.491 e. The molecular formula is C13H20N2O3S. The fourth-order valence-corrected chi connectivity index (χ4v) is 3.32. The van der Waals surface area contributed by atoms with Crippen LogP contribution in [0.2, 0.25) is 0 Å². The molecule has 0 saturated carbocycles. The number of nitrogens with one attached hydrogen (secondary N) is 1. The summed E-state index contributed by atoms with van der Waals surface area (Å²) in [5.41, 5.74) is 0.558. The van der Waals surface area contributed by atoms with Crippen molar-refractivity contribution in [3.8, 4) is 5.75 Å². The van der Waals surface area contributed by atoms with Crippen LogP contribution in [0.25, 0.3) is 0 Å². The van der Waals surface area contributed by atoms with E-state index in [2.05, 4.69) is 4.72 Å². The molecule has 1 saturated heterocycles. The second-order valence-electron chi connectivity index (χ2n) is 4.90. The Kier molecular flexibility index (Phi) is 4.31. The summed E-state index contributed by atoms with van der Waals surface area (Å²) in [5.74, 6) is 0.735. The van der Waals surface area contributed by atoms with Gasteiger partial charge in [0, 0.05) is 13.1 Å². The third-order valence-electron chi connectivity index (χ3n) is 2.88. The molecule has 2 rings (SSSR count). The first kappa shape index (κ1) is 14.1. The Hall–Kier alpha value is -1.27. The smallest absolute Gasteiger partial charge is 0.301 e. The average molecular weight is 284 g/mol. The van der Waals surface area contributed by atoms with Crippen LogP contribution in [0.15, 0.2) is 24.3 Å². The first-order valence-corrected chi connectivity index (χ1v) is 7.96. The van der Waals surface area contributed by atoms with Crippen molar-refractivity contribution in [1.82, 2.24) is 4.31 Å². The SMILES string of the molecule is CC(C)Oc1ccc(NS(=O)(=O)N2CCCC2)cc1. The van der Waals surface area contributed by atoms with E-state index >= 15 is 0 Å². The highest BCUT2D eigenvalue weighted by molar-refractivity contribution is 7.90. The van der Waals surface area contributed by atoms with Gasteiger partial charge in [-0.1, -0.05) is 0 Å². The zero-order valence-corrected chi connectivity index (χ0v) is 12.1. The molecule has 0 unspecified atom stereocenters. The minimum Gasteiger partial charge on any atom is -0.491 e. The molecule has 0 radical (unpaired) electrons. The van der Waals surface area contributed by atoms with E-state index in [-0.39, 0.29) is 6.10 Å². The summed E-state index contributed by atoms with van der Waals surface area (Å²) in [6, 6.07) is 6.96. The Balaban J connectivity index is 2.02. The molecule has 0 aliphatic carbocycles. The van der Waals surface area contributed by atoms with Gasteiger partial charge < -0.3 is 4.74 Å².